The lowest BCUT2D eigenvalue weighted by molar-refractivity contribution is -0.127. The second-order valence-electron chi connectivity index (χ2n) is 8.79. The minimum Gasteiger partial charge on any atom is -0.350 e. The quantitative estimate of drug-likeness (QED) is 0.556. The zero-order valence-electron chi connectivity index (χ0n) is 19.0. The Labute approximate surface area is 189 Å². The molecule has 0 saturated carbocycles. The average Bonchev–Trinajstić information content (AvgIpc) is 3.15. The molecule has 2 aromatic carbocycles. The first kappa shape index (κ1) is 23.0. The molecule has 0 aliphatic carbocycles. The summed E-state index contributed by atoms with van der Waals surface area (Å²) in [5, 5.41) is 10.3. The van der Waals surface area contributed by atoms with Crippen molar-refractivity contribution in [2.24, 2.45) is 0 Å². The minimum absolute atomic E-state index is 0.222. The van der Waals surface area contributed by atoms with Gasteiger partial charge in [-0.05, 0) is 39.3 Å². The van der Waals surface area contributed by atoms with Gasteiger partial charge in [0.05, 0.1) is 12.2 Å². The van der Waals surface area contributed by atoms with Crippen molar-refractivity contribution in [1.82, 2.24) is 20.4 Å². The van der Waals surface area contributed by atoms with Crippen LogP contribution in [0.3, 0.4) is 0 Å². The lowest BCUT2D eigenvalue weighted by atomic mass is 10.1. The third-order valence-electron chi connectivity index (χ3n) is 4.69. The van der Waals surface area contributed by atoms with Crippen molar-refractivity contribution in [3.63, 3.8) is 0 Å². The number of nitrogens with one attached hydrogen (secondary N) is 2. The Morgan fingerprint density at radius 2 is 1.66 bits per heavy atom. The van der Waals surface area contributed by atoms with E-state index in [1.54, 1.807) is 13.0 Å². The predicted molar refractivity (Wildman–Crippen MR) is 128 cm³/mol. The number of nitrogens with zero attached hydrogens (tertiary/aromatic N) is 2. The van der Waals surface area contributed by atoms with Crippen LogP contribution in [-0.2, 0) is 16.1 Å². The first-order chi connectivity index (χ1) is 15.2. The molecule has 1 atom stereocenters. The normalized spacial score (nSPS) is 12.5. The summed E-state index contributed by atoms with van der Waals surface area (Å²) in [6.07, 6.45) is 5.10. The van der Waals surface area contributed by atoms with Crippen LogP contribution in [0, 0.1) is 0 Å². The minimum atomic E-state index is -0.638. The molecule has 1 aromatic heterocycles. The van der Waals surface area contributed by atoms with Crippen molar-refractivity contribution < 1.29 is 9.59 Å². The topological polar surface area (TPSA) is 76.0 Å². The monoisotopic (exact) mass is 430 g/mol. The Morgan fingerprint density at radius 3 is 2.28 bits per heavy atom. The number of amides is 2. The van der Waals surface area contributed by atoms with E-state index in [9.17, 15) is 9.59 Å². The van der Waals surface area contributed by atoms with Gasteiger partial charge in [-0.15, -0.1) is 0 Å². The first-order valence-corrected chi connectivity index (χ1v) is 10.7. The van der Waals surface area contributed by atoms with E-state index in [0.29, 0.717) is 6.54 Å². The van der Waals surface area contributed by atoms with Crippen LogP contribution in [0.25, 0.3) is 17.3 Å². The fourth-order valence-corrected chi connectivity index (χ4v) is 3.20. The maximum atomic E-state index is 12.4. The molecule has 166 valence electrons. The van der Waals surface area contributed by atoms with Crippen LogP contribution in [0.4, 0.5) is 0 Å². The Bertz CT molecular complexity index is 1080. The second-order valence-corrected chi connectivity index (χ2v) is 8.79. The summed E-state index contributed by atoms with van der Waals surface area (Å²) >= 11 is 0. The summed E-state index contributed by atoms with van der Waals surface area (Å²) < 4.78 is 1.87. The Kier molecular flexibility index (Phi) is 7.25. The zero-order valence-corrected chi connectivity index (χ0v) is 19.0. The molecule has 0 aliphatic heterocycles. The van der Waals surface area contributed by atoms with Crippen molar-refractivity contribution in [2.75, 3.05) is 0 Å². The number of carbonyl (C=O) groups is 2. The number of benzene rings is 2. The number of hydrogen-bond acceptors (Lipinski definition) is 3. The number of aromatic nitrogens is 2. The van der Waals surface area contributed by atoms with Gasteiger partial charge in [0.1, 0.15) is 6.04 Å². The molecule has 0 saturated heterocycles. The van der Waals surface area contributed by atoms with E-state index in [4.69, 9.17) is 5.10 Å². The molecule has 6 heteroatoms. The molecule has 2 N–H and O–H groups in total. The van der Waals surface area contributed by atoms with Gasteiger partial charge in [0.15, 0.2) is 0 Å². The Morgan fingerprint density at radius 1 is 1.03 bits per heavy atom. The Hall–Kier alpha value is -3.67. The smallest absolute Gasteiger partial charge is 0.244 e. The summed E-state index contributed by atoms with van der Waals surface area (Å²) in [4.78, 5) is 24.7. The lowest BCUT2D eigenvalue weighted by Crippen LogP contribution is -2.50. The van der Waals surface area contributed by atoms with Gasteiger partial charge < -0.3 is 10.6 Å². The first-order valence-electron chi connectivity index (χ1n) is 10.7. The van der Waals surface area contributed by atoms with Crippen molar-refractivity contribution in [3.8, 4) is 11.3 Å². The van der Waals surface area contributed by atoms with E-state index in [1.165, 1.54) is 6.08 Å². The summed E-state index contributed by atoms with van der Waals surface area (Å²) in [7, 11) is 0. The van der Waals surface area contributed by atoms with Gasteiger partial charge in [-0.25, -0.2) is 0 Å². The van der Waals surface area contributed by atoms with Crippen molar-refractivity contribution in [1.29, 1.82) is 0 Å². The zero-order chi connectivity index (χ0) is 23.1. The molecule has 3 rings (SSSR count). The predicted octanol–water partition coefficient (Wildman–Crippen LogP) is 4.03. The van der Waals surface area contributed by atoms with Crippen molar-refractivity contribution >= 4 is 17.9 Å². The van der Waals surface area contributed by atoms with Crippen molar-refractivity contribution in [3.05, 3.63) is 84.1 Å². The highest BCUT2D eigenvalue weighted by molar-refractivity contribution is 5.96. The average molecular weight is 431 g/mol. The molecule has 0 bridgehead atoms. The molecule has 3 aromatic rings. The largest absolute Gasteiger partial charge is 0.350 e. The van der Waals surface area contributed by atoms with Crippen LogP contribution >= 0.6 is 0 Å². The highest BCUT2D eigenvalue weighted by Gasteiger charge is 2.20. The van der Waals surface area contributed by atoms with Crippen molar-refractivity contribution in [2.45, 2.75) is 45.8 Å². The molecule has 1 unspecified atom stereocenters. The van der Waals surface area contributed by atoms with Gasteiger partial charge in [0, 0.05) is 28.9 Å². The molecule has 1 heterocycles. The van der Waals surface area contributed by atoms with Crippen LogP contribution in [-0.4, -0.2) is 33.2 Å². The number of hydrogen-bond donors (Lipinski definition) is 2. The van der Waals surface area contributed by atoms with E-state index in [-0.39, 0.29) is 17.4 Å². The fourth-order valence-electron chi connectivity index (χ4n) is 3.20. The Balaban J connectivity index is 1.77. The van der Waals surface area contributed by atoms with Crippen LogP contribution in [0.1, 0.15) is 38.8 Å². The van der Waals surface area contributed by atoms with Crippen LogP contribution in [0.15, 0.2) is 72.9 Å². The molecular weight excluding hydrogens is 400 g/mol. The fraction of sp³-hybridized carbons (Fsp3) is 0.269. The molecule has 32 heavy (non-hydrogen) atoms. The number of carbonyl (C=O) groups excluding carboxylic acids is 2. The maximum absolute atomic E-state index is 12.4. The van der Waals surface area contributed by atoms with Gasteiger partial charge in [0.25, 0.3) is 0 Å². The van der Waals surface area contributed by atoms with Gasteiger partial charge in [-0.1, -0.05) is 60.7 Å². The van der Waals surface area contributed by atoms with Crippen LogP contribution in [0.2, 0.25) is 0 Å². The number of rotatable bonds is 7. The third kappa shape index (κ3) is 6.67. The van der Waals surface area contributed by atoms with E-state index in [0.717, 1.165) is 22.4 Å². The summed E-state index contributed by atoms with van der Waals surface area (Å²) in [6.45, 7) is 8.00. The van der Waals surface area contributed by atoms with Crippen LogP contribution < -0.4 is 10.6 Å². The van der Waals surface area contributed by atoms with E-state index in [2.05, 4.69) is 22.8 Å². The summed E-state index contributed by atoms with van der Waals surface area (Å²) in [5.41, 5.74) is 3.38. The summed E-state index contributed by atoms with van der Waals surface area (Å²) in [5.74, 6) is -0.559. The van der Waals surface area contributed by atoms with E-state index < -0.39 is 6.04 Å². The SMILES string of the molecule is CC(NC(=O)/C=C/c1cn(Cc2ccccc2)nc1-c1ccccc1)C(=O)NC(C)(C)C. The van der Waals surface area contributed by atoms with Gasteiger partial charge >= 0.3 is 0 Å². The highest BCUT2D eigenvalue weighted by atomic mass is 16.2. The van der Waals surface area contributed by atoms with E-state index in [1.807, 2.05) is 80.2 Å². The molecule has 0 radical (unpaired) electrons. The molecule has 6 nitrogen and oxygen atoms in total. The highest BCUT2D eigenvalue weighted by Crippen LogP contribution is 2.23. The molecular formula is C26H30N4O2. The molecule has 0 fully saturated rings. The molecule has 2 amide bonds. The van der Waals surface area contributed by atoms with Gasteiger partial charge in [0.2, 0.25) is 11.8 Å². The third-order valence-corrected chi connectivity index (χ3v) is 4.69. The van der Waals surface area contributed by atoms with Crippen LogP contribution in [0.5, 0.6) is 0 Å². The molecule has 0 spiro atoms. The standard InChI is InChI=1S/C26H30N4O2/c1-19(25(32)28-26(2,3)4)27-23(31)16-15-22-18-30(17-20-11-7-5-8-12-20)29-24(22)21-13-9-6-10-14-21/h5-16,18-19H,17H2,1-4H3,(H,27,31)(H,28,32)/b16-15+. The maximum Gasteiger partial charge on any atom is 0.244 e. The molecule has 0 aliphatic rings. The second kappa shape index (κ2) is 10.1. The van der Waals surface area contributed by atoms with Gasteiger partial charge in [-0.2, -0.15) is 5.10 Å². The van der Waals surface area contributed by atoms with Gasteiger partial charge in [-0.3, -0.25) is 14.3 Å². The summed E-state index contributed by atoms with van der Waals surface area (Å²) in [6, 6.07) is 19.3. The lowest BCUT2D eigenvalue weighted by Gasteiger charge is -2.23. The van der Waals surface area contributed by atoms with E-state index >= 15 is 0 Å².